The third kappa shape index (κ3) is 5.49. The lowest BCUT2D eigenvalue weighted by atomic mass is 9.95. The minimum atomic E-state index is -0.805. The summed E-state index contributed by atoms with van der Waals surface area (Å²) in [4.78, 5) is 25.8. The van der Waals surface area contributed by atoms with Gasteiger partial charge in [0, 0.05) is 31.6 Å². The van der Waals surface area contributed by atoms with Crippen LogP contribution in [-0.2, 0) is 9.59 Å². The van der Waals surface area contributed by atoms with Crippen LogP contribution in [0.25, 0.3) is 0 Å². The average molecular weight is 353 g/mol. The summed E-state index contributed by atoms with van der Waals surface area (Å²) in [5.74, 6) is -1.41. The van der Waals surface area contributed by atoms with Gasteiger partial charge in [0.1, 0.15) is 11.6 Å². The number of piperidine rings is 1. The summed E-state index contributed by atoms with van der Waals surface area (Å²) in [5.41, 5.74) is 0.120. The SMILES string of the molecule is CNCC1CCN(C(=O)CC(NC(C)=O)c2ccc(F)cc2F)CC1. The van der Waals surface area contributed by atoms with Crippen LogP contribution < -0.4 is 10.6 Å². The Hall–Kier alpha value is -2.02. The molecule has 1 aromatic carbocycles. The monoisotopic (exact) mass is 353 g/mol. The maximum atomic E-state index is 14.1. The fourth-order valence-electron chi connectivity index (χ4n) is 3.25. The molecule has 138 valence electrons. The van der Waals surface area contributed by atoms with Crippen molar-refractivity contribution in [3.8, 4) is 0 Å². The van der Waals surface area contributed by atoms with E-state index >= 15 is 0 Å². The normalized spacial score (nSPS) is 16.6. The highest BCUT2D eigenvalue weighted by Gasteiger charge is 2.26. The third-order valence-electron chi connectivity index (χ3n) is 4.55. The van der Waals surface area contributed by atoms with Gasteiger partial charge in [0.15, 0.2) is 0 Å². The number of benzene rings is 1. The molecule has 1 atom stereocenters. The van der Waals surface area contributed by atoms with Crippen LogP contribution in [0.2, 0.25) is 0 Å². The first kappa shape index (κ1) is 19.3. The van der Waals surface area contributed by atoms with Gasteiger partial charge in [-0.3, -0.25) is 9.59 Å². The Morgan fingerprint density at radius 1 is 1.28 bits per heavy atom. The van der Waals surface area contributed by atoms with Gasteiger partial charge >= 0.3 is 0 Å². The first-order valence-corrected chi connectivity index (χ1v) is 8.55. The molecule has 2 amide bonds. The van der Waals surface area contributed by atoms with Gasteiger partial charge in [-0.2, -0.15) is 0 Å². The van der Waals surface area contributed by atoms with Gasteiger partial charge in [0.2, 0.25) is 11.8 Å². The lowest BCUT2D eigenvalue weighted by molar-refractivity contribution is -0.133. The van der Waals surface area contributed by atoms with Crippen LogP contribution in [-0.4, -0.2) is 43.4 Å². The molecule has 1 aliphatic rings. The summed E-state index contributed by atoms with van der Waals surface area (Å²) in [6, 6.07) is 2.36. The zero-order valence-electron chi connectivity index (χ0n) is 14.6. The maximum Gasteiger partial charge on any atom is 0.224 e. The molecule has 1 aliphatic heterocycles. The Morgan fingerprint density at radius 3 is 2.52 bits per heavy atom. The number of carbonyl (C=O) groups excluding carboxylic acids is 2. The van der Waals surface area contributed by atoms with Crippen LogP contribution in [0.4, 0.5) is 8.78 Å². The van der Waals surface area contributed by atoms with Crippen LogP contribution in [0.5, 0.6) is 0 Å². The molecule has 0 saturated carbocycles. The summed E-state index contributed by atoms with van der Waals surface area (Å²) >= 11 is 0. The van der Waals surface area contributed by atoms with Crippen molar-refractivity contribution in [2.24, 2.45) is 5.92 Å². The van der Waals surface area contributed by atoms with Crippen molar-refractivity contribution in [2.45, 2.75) is 32.2 Å². The average Bonchev–Trinajstić information content (AvgIpc) is 2.54. The molecule has 0 spiro atoms. The highest BCUT2D eigenvalue weighted by atomic mass is 19.1. The van der Waals surface area contributed by atoms with E-state index in [9.17, 15) is 18.4 Å². The quantitative estimate of drug-likeness (QED) is 0.822. The van der Waals surface area contributed by atoms with E-state index in [1.165, 1.54) is 13.0 Å². The first-order valence-electron chi connectivity index (χ1n) is 8.55. The molecule has 7 heteroatoms. The fraction of sp³-hybridized carbons (Fsp3) is 0.556. The number of hydrogen-bond acceptors (Lipinski definition) is 3. The Bertz CT molecular complexity index is 616. The van der Waals surface area contributed by atoms with Gasteiger partial charge in [-0.15, -0.1) is 0 Å². The predicted octanol–water partition coefficient (Wildman–Crippen LogP) is 1.99. The molecule has 1 fully saturated rings. The van der Waals surface area contributed by atoms with Crippen molar-refractivity contribution in [3.63, 3.8) is 0 Å². The molecule has 2 rings (SSSR count). The predicted molar refractivity (Wildman–Crippen MR) is 90.8 cm³/mol. The fourth-order valence-corrected chi connectivity index (χ4v) is 3.25. The van der Waals surface area contributed by atoms with E-state index in [2.05, 4.69) is 10.6 Å². The Balaban J connectivity index is 2.04. The second-order valence-corrected chi connectivity index (χ2v) is 6.50. The molecule has 1 heterocycles. The molecule has 25 heavy (non-hydrogen) atoms. The molecular formula is C18H25F2N3O2. The van der Waals surface area contributed by atoms with Crippen molar-refractivity contribution in [1.82, 2.24) is 15.5 Å². The van der Waals surface area contributed by atoms with Gasteiger partial charge in [0.05, 0.1) is 12.5 Å². The summed E-state index contributed by atoms with van der Waals surface area (Å²) in [5, 5.41) is 5.74. The van der Waals surface area contributed by atoms with E-state index in [0.717, 1.165) is 31.5 Å². The standard InChI is InChI=1S/C18H25F2N3O2/c1-12(24)22-17(15-4-3-14(19)9-16(15)20)10-18(25)23-7-5-13(6-8-23)11-21-2/h3-4,9,13,17,21H,5-8,10-11H2,1-2H3,(H,22,24). The number of halogens is 2. The highest BCUT2D eigenvalue weighted by Crippen LogP contribution is 2.24. The van der Waals surface area contributed by atoms with Gasteiger partial charge in [-0.1, -0.05) is 6.07 Å². The van der Waals surface area contributed by atoms with Crippen LogP contribution in [0, 0.1) is 17.6 Å². The molecule has 0 aliphatic carbocycles. The number of likely N-dealkylation sites (tertiary alicyclic amines) is 1. The van der Waals surface area contributed by atoms with E-state index in [4.69, 9.17) is 0 Å². The molecular weight excluding hydrogens is 328 g/mol. The van der Waals surface area contributed by atoms with Gasteiger partial charge in [0.25, 0.3) is 0 Å². The van der Waals surface area contributed by atoms with Crippen molar-refractivity contribution < 1.29 is 18.4 Å². The Labute approximate surface area is 146 Å². The third-order valence-corrected chi connectivity index (χ3v) is 4.55. The van der Waals surface area contributed by atoms with Crippen LogP contribution in [0.15, 0.2) is 18.2 Å². The number of hydrogen-bond donors (Lipinski definition) is 2. The second kappa shape index (κ2) is 8.89. The lowest BCUT2D eigenvalue weighted by Crippen LogP contribution is -2.42. The number of nitrogens with one attached hydrogen (secondary N) is 2. The van der Waals surface area contributed by atoms with Crippen molar-refractivity contribution >= 4 is 11.8 Å². The molecule has 0 aromatic heterocycles. The zero-order chi connectivity index (χ0) is 18.4. The van der Waals surface area contributed by atoms with Gasteiger partial charge < -0.3 is 15.5 Å². The number of nitrogens with zero attached hydrogens (tertiary/aromatic N) is 1. The largest absolute Gasteiger partial charge is 0.349 e. The lowest BCUT2D eigenvalue weighted by Gasteiger charge is -2.33. The van der Waals surface area contributed by atoms with E-state index in [0.29, 0.717) is 19.0 Å². The second-order valence-electron chi connectivity index (χ2n) is 6.50. The van der Waals surface area contributed by atoms with Crippen LogP contribution >= 0.6 is 0 Å². The van der Waals surface area contributed by atoms with Crippen molar-refractivity contribution in [2.75, 3.05) is 26.7 Å². The van der Waals surface area contributed by atoms with Gasteiger partial charge in [-0.25, -0.2) is 8.78 Å². The number of amides is 2. The maximum absolute atomic E-state index is 14.1. The molecule has 1 aromatic rings. The summed E-state index contributed by atoms with van der Waals surface area (Å²) in [6.07, 6.45) is 1.80. The van der Waals surface area contributed by atoms with Crippen LogP contribution in [0.3, 0.4) is 0 Å². The van der Waals surface area contributed by atoms with Gasteiger partial charge in [-0.05, 0) is 38.4 Å². The molecule has 5 nitrogen and oxygen atoms in total. The molecule has 0 radical (unpaired) electrons. The van der Waals surface area contributed by atoms with E-state index in [1.54, 1.807) is 4.90 Å². The minimum absolute atomic E-state index is 0.0428. The van der Waals surface area contributed by atoms with E-state index in [1.807, 2.05) is 7.05 Å². The smallest absolute Gasteiger partial charge is 0.224 e. The van der Waals surface area contributed by atoms with Crippen molar-refractivity contribution in [1.29, 1.82) is 0 Å². The molecule has 1 unspecified atom stereocenters. The molecule has 2 N–H and O–H groups in total. The molecule has 0 bridgehead atoms. The molecule has 1 saturated heterocycles. The van der Waals surface area contributed by atoms with Crippen LogP contribution in [0.1, 0.15) is 37.8 Å². The van der Waals surface area contributed by atoms with E-state index in [-0.39, 0.29) is 23.8 Å². The van der Waals surface area contributed by atoms with Crippen molar-refractivity contribution in [3.05, 3.63) is 35.4 Å². The highest BCUT2D eigenvalue weighted by molar-refractivity contribution is 5.79. The topological polar surface area (TPSA) is 61.4 Å². The zero-order valence-corrected chi connectivity index (χ0v) is 14.6. The summed E-state index contributed by atoms with van der Waals surface area (Å²) in [6.45, 7) is 3.55. The first-order chi connectivity index (χ1) is 11.9. The summed E-state index contributed by atoms with van der Waals surface area (Å²) in [7, 11) is 1.91. The van der Waals surface area contributed by atoms with E-state index < -0.39 is 17.7 Å². The summed E-state index contributed by atoms with van der Waals surface area (Å²) < 4.78 is 27.2. The Morgan fingerprint density at radius 2 is 1.96 bits per heavy atom. The number of carbonyl (C=O) groups is 2. The Kier molecular flexibility index (Phi) is 6.87. The minimum Gasteiger partial charge on any atom is -0.349 e. The number of rotatable bonds is 6.